The molecular weight excluding hydrogens is 420 g/mol. The molecular formula is C26H30N2O5. The van der Waals surface area contributed by atoms with E-state index in [1.54, 1.807) is 0 Å². The van der Waals surface area contributed by atoms with Gasteiger partial charge in [0, 0.05) is 24.9 Å². The molecule has 0 fully saturated rings. The van der Waals surface area contributed by atoms with Crippen LogP contribution in [0.4, 0.5) is 4.79 Å². The third-order valence-electron chi connectivity index (χ3n) is 5.75. The topological polar surface area (TPSA) is 95.9 Å². The Morgan fingerprint density at radius 2 is 1.73 bits per heavy atom. The first-order chi connectivity index (χ1) is 15.9. The number of benzene rings is 2. The number of hydrogen-bond donors (Lipinski definition) is 2. The monoisotopic (exact) mass is 450 g/mol. The number of carbonyl (C=O) groups excluding carboxylic acids is 2. The number of amides is 2. The Balaban J connectivity index is 1.62. The molecule has 7 heteroatoms. The van der Waals surface area contributed by atoms with Crippen LogP contribution in [0.3, 0.4) is 0 Å². The van der Waals surface area contributed by atoms with Gasteiger partial charge in [-0.15, -0.1) is 6.58 Å². The maximum Gasteiger partial charge on any atom is 0.407 e. The van der Waals surface area contributed by atoms with Crippen molar-refractivity contribution in [2.75, 3.05) is 19.7 Å². The van der Waals surface area contributed by atoms with E-state index in [4.69, 9.17) is 9.84 Å². The summed E-state index contributed by atoms with van der Waals surface area (Å²) in [4.78, 5) is 37.4. The molecule has 1 aliphatic carbocycles. The Labute approximate surface area is 194 Å². The molecule has 2 N–H and O–H groups in total. The zero-order valence-electron chi connectivity index (χ0n) is 18.8. The van der Waals surface area contributed by atoms with Gasteiger partial charge in [0.1, 0.15) is 13.2 Å². The molecule has 0 radical (unpaired) electrons. The van der Waals surface area contributed by atoms with Crippen molar-refractivity contribution >= 4 is 18.0 Å². The van der Waals surface area contributed by atoms with E-state index < -0.39 is 24.6 Å². The maximum absolute atomic E-state index is 12.6. The summed E-state index contributed by atoms with van der Waals surface area (Å²) in [6, 6.07) is 15.8. The van der Waals surface area contributed by atoms with Gasteiger partial charge in [-0.25, -0.2) is 4.79 Å². The molecule has 33 heavy (non-hydrogen) atoms. The largest absolute Gasteiger partial charge is 0.480 e. The average molecular weight is 451 g/mol. The number of hydrogen-bond acceptors (Lipinski definition) is 4. The fraction of sp³-hybridized carbons (Fsp3) is 0.346. The third-order valence-corrected chi connectivity index (χ3v) is 5.75. The highest BCUT2D eigenvalue weighted by Crippen LogP contribution is 2.44. The molecule has 2 amide bonds. The highest BCUT2D eigenvalue weighted by Gasteiger charge is 2.29. The number of ether oxygens (including phenoxy) is 1. The van der Waals surface area contributed by atoms with Crippen LogP contribution in [0.5, 0.6) is 0 Å². The average Bonchev–Trinajstić information content (AvgIpc) is 3.11. The first-order valence-corrected chi connectivity index (χ1v) is 11.2. The Bertz CT molecular complexity index is 974. The molecule has 1 aliphatic rings. The SMILES string of the molecule is C=CCN(CC(=O)O)C(=O)CC(CCC)NC(=O)OCC1c2ccccc2-c2ccccc21. The van der Waals surface area contributed by atoms with Crippen LogP contribution in [0, 0.1) is 0 Å². The third kappa shape index (κ3) is 6.00. The van der Waals surface area contributed by atoms with Crippen LogP contribution in [0.2, 0.25) is 0 Å². The van der Waals surface area contributed by atoms with Crippen LogP contribution in [0.1, 0.15) is 43.2 Å². The number of aliphatic carboxylic acids is 1. The van der Waals surface area contributed by atoms with Gasteiger partial charge < -0.3 is 20.1 Å². The van der Waals surface area contributed by atoms with Gasteiger partial charge in [-0.1, -0.05) is 68.0 Å². The van der Waals surface area contributed by atoms with Gasteiger partial charge in [-0.2, -0.15) is 0 Å². The summed E-state index contributed by atoms with van der Waals surface area (Å²) in [6.07, 6.45) is 2.22. The molecule has 3 rings (SSSR count). The molecule has 0 aromatic heterocycles. The van der Waals surface area contributed by atoms with E-state index >= 15 is 0 Å². The van der Waals surface area contributed by atoms with Crippen molar-refractivity contribution in [1.29, 1.82) is 0 Å². The highest BCUT2D eigenvalue weighted by molar-refractivity contribution is 5.82. The maximum atomic E-state index is 12.6. The Kier molecular flexibility index (Phi) is 8.24. The number of alkyl carbamates (subject to hydrolysis) is 1. The minimum absolute atomic E-state index is 0.000838. The molecule has 174 valence electrons. The van der Waals surface area contributed by atoms with E-state index in [0.717, 1.165) is 28.7 Å². The number of rotatable bonds is 11. The van der Waals surface area contributed by atoms with Gasteiger partial charge in [0.25, 0.3) is 0 Å². The van der Waals surface area contributed by atoms with Crippen LogP contribution in [-0.4, -0.2) is 53.7 Å². The molecule has 0 saturated carbocycles. The Morgan fingerprint density at radius 3 is 2.27 bits per heavy atom. The Hall–Kier alpha value is -3.61. The minimum Gasteiger partial charge on any atom is -0.480 e. The zero-order valence-corrected chi connectivity index (χ0v) is 18.8. The predicted octanol–water partition coefficient (Wildman–Crippen LogP) is 4.18. The van der Waals surface area contributed by atoms with E-state index in [1.807, 2.05) is 31.2 Å². The molecule has 1 unspecified atom stereocenters. The Morgan fingerprint density at radius 1 is 1.12 bits per heavy atom. The van der Waals surface area contributed by atoms with Gasteiger partial charge in [-0.3, -0.25) is 9.59 Å². The number of carboxylic acid groups (broad SMARTS) is 1. The van der Waals surface area contributed by atoms with Crippen molar-refractivity contribution in [3.8, 4) is 11.1 Å². The molecule has 1 atom stereocenters. The lowest BCUT2D eigenvalue weighted by Crippen LogP contribution is -2.42. The van der Waals surface area contributed by atoms with Crippen molar-refractivity contribution in [1.82, 2.24) is 10.2 Å². The lowest BCUT2D eigenvalue weighted by Gasteiger charge is -2.23. The second kappa shape index (κ2) is 11.3. The van der Waals surface area contributed by atoms with E-state index in [2.05, 4.69) is 36.2 Å². The molecule has 0 bridgehead atoms. The lowest BCUT2D eigenvalue weighted by atomic mass is 9.98. The molecule has 0 spiro atoms. The van der Waals surface area contributed by atoms with E-state index in [9.17, 15) is 14.4 Å². The number of carbonyl (C=O) groups is 3. The predicted molar refractivity (Wildman–Crippen MR) is 126 cm³/mol. The molecule has 0 aliphatic heterocycles. The summed E-state index contributed by atoms with van der Waals surface area (Å²) in [5.41, 5.74) is 4.55. The first kappa shape index (κ1) is 24.0. The first-order valence-electron chi connectivity index (χ1n) is 11.2. The summed E-state index contributed by atoms with van der Waals surface area (Å²) < 4.78 is 5.59. The van der Waals surface area contributed by atoms with Crippen molar-refractivity contribution in [2.45, 2.75) is 38.1 Å². The van der Waals surface area contributed by atoms with Gasteiger partial charge in [0.05, 0.1) is 0 Å². The van der Waals surface area contributed by atoms with E-state index in [0.29, 0.717) is 6.42 Å². The zero-order chi connectivity index (χ0) is 23.8. The molecule has 2 aromatic carbocycles. The molecule has 7 nitrogen and oxygen atoms in total. The minimum atomic E-state index is -1.10. The lowest BCUT2D eigenvalue weighted by molar-refractivity contribution is -0.144. The van der Waals surface area contributed by atoms with Crippen LogP contribution < -0.4 is 5.32 Å². The molecule has 2 aromatic rings. The van der Waals surface area contributed by atoms with Crippen LogP contribution in [-0.2, 0) is 14.3 Å². The quantitative estimate of drug-likeness (QED) is 0.501. The van der Waals surface area contributed by atoms with Crippen LogP contribution in [0.15, 0.2) is 61.2 Å². The van der Waals surface area contributed by atoms with Gasteiger partial charge >= 0.3 is 12.1 Å². The van der Waals surface area contributed by atoms with Gasteiger partial charge in [0.2, 0.25) is 5.91 Å². The fourth-order valence-electron chi connectivity index (χ4n) is 4.29. The summed E-state index contributed by atoms with van der Waals surface area (Å²) in [7, 11) is 0. The second-order valence-corrected chi connectivity index (χ2v) is 8.12. The van der Waals surface area contributed by atoms with Crippen molar-refractivity contribution in [3.05, 3.63) is 72.3 Å². The smallest absolute Gasteiger partial charge is 0.407 e. The molecule has 0 heterocycles. The standard InChI is InChI=1S/C26H30N2O5/c1-3-9-18(15-24(29)28(14-4-2)16-25(30)31)27-26(32)33-17-23-21-12-7-5-10-19(21)20-11-6-8-13-22(20)23/h4-8,10-13,18,23H,2-3,9,14-17H2,1H3,(H,27,32)(H,30,31). The highest BCUT2D eigenvalue weighted by atomic mass is 16.5. The number of fused-ring (bicyclic) bond motifs is 3. The summed E-state index contributed by atoms with van der Waals surface area (Å²) in [5.74, 6) is -1.50. The second-order valence-electron chi connectivity index (χ2n) is 8.12. The van der Waals surface area contributed by atoms with E-state index in [1.165, 1.54) is 11.0 Å². The number of nitrogens with one attached hydrogen (secondary N) is 1. The van der Waals surface area contributed by atoms with Crippen molar-refractivity contribution in [3.63, 3.8) is 0 Å². The normalized spacial score (nSPS) is 12.9. The summed E-state index contributed by atoms with van der Waals surface area (Å²) >= 11 is 0. The summed E-state index contributed by atoms with van der Waals surface area (Å²) in [5, 5.41) is 11.8. The van der Waals surface area contributed by atoms with Gasteiger partial charge in [0.15, 0.2) is 0 Å². The van der Waals surface area contributed by atoms with Gasteiger partial charge in [-0.05, 0) is 28.7 Å². The van der Waals surface area contributed by atoms with Crippen LogP contribution in [0.25, 0.3) is 11.1 Å². The fourth-order valence-corrected chi connectivity index (χ4v) is 4.29. The van der Waals surface area contributed by atoms with Crippen LogP contribution >= 0.6 is 0 Å². The van der Waals surface area contributed by atoms with Crippen molar-refractivity contribution in [2.24, 2.45) is 0 Å². The number of nitrogens with zero attached hydrogens (tertiary/aromatic N) is 1. The summed E-state index contributed by atoms with van der Waals surface area (Å²) in [6.45, 7) is 5.44. The number of carboxylic acids is 1. The van der Waals surface area contributed by atoms with E-state index in [-0.39, 0.29) is 31.4 Å². The van der Waals surface area contributed by atoms with Crippen molar-refractivity contribution < 1.29 is 24.2 Å². The molecule has 0 saturated heterocycles.